The Morgan fingerprint density at radius 1 is 1.27 bits per heavy atom. The molecule has 4 N–H and O–H groups in total. The number of thiazole rings is 1. The Labute approximate surface area is 200 Å². The first-order valence-electron chi connectivity index (χ1n) is 9.55. The van der Waals surface area contributed by atoms with E-state index in [0.717, 1.165) is 23.5 Å². The van der Waals surface area contributed by atoms with Crippen LogP contribution in [0, 0.1) is 0 Å². The third kappa shape index (κ3) is 6.58. The normalized spacial score (nSPS) is 14.8. The smallest absolute Gasteiger partial charge is 0.417 e. The minimum absolute atomic E-state index is 0.174. The first-order valence-corrected chi connectivity index (χ1v) is 11.2. The molecule has 0 aliphatic carbocycles. The predicted molar refractivity (Wildman–Crippen MR) is 118 cm³/mol. The van der Waals surface area contributed by atoms with Gasteiger partial charge in [-0.1, -0.05) is 22.0 Å². The highest BCUT2D eigenvalue weighted by Crippen LogP contribution is 2.41. The monoisotopic (exact) mass is 553 g/mol. The number of halogens is 4. The number of hydrogen-bond acceptors (Lipinski definition) is 6. The molecule has 1 aromatic carbocycles. The highest BCUT2D eigenvalue weighted by atomic mass is 79.9. The molecule has 2 atom stereocenters. The standard InChI is InChI=1S/C20H23BrF3N3O5S/c1-18(2,3)32-17(31)27-14(9-26-16(29)30)19(10-28,15-25-6-7-33-15)11-4-5-12(13(21)8-11)20(22,23)24/h4-8,14,26,28H,9-10H2,1-3H3,(H,27,31)(H,29,30)/t14-,19+/m1/s1. The fourth-order valence-corrected chi connectivity index (χ4v) is 4.71. The second-order valence-electron chi connectivity index (χ2n) is 8.04. The average molecular weight is 554 g/mol. The summed E-state index contributed by atoms with van der Waals surface area (Å²) in [4.78, 5) is 28.0. The van der Waals surface area contributed by atoms with Crippen molar-refractivity contribution in [2.45, 2.75) is 44.0 Å². The van der Waals surface area contributed by atoms with Crippen LogP contribution in [0.2, 0.25) is 0 Å². The van der Waals surface area contributed by atoms with Crippen molar-refractivity contribution >= 4 is 39.5 Å². The molecule has 2 amide bonds. The molecule has 0 aliphatic rings. The summed E-state index contributed by atoms with van der Waals surface area (Å²) in [6, 6.07) is 2.00. The molecular weight excluding hydrogens is 531 g/mol. The van der Waals surface area contributed by atoms with Crippen LogP contribution in [0.5, 0.6) is 0 Å². The molecule has 1 heterocycles. The molecule has 13 heteroatoms. The third-order valence-corrected chi connectivity index (χ3v) is 6.20. The molecule has 0 bridgehead atoms. The zero-order chi connectivity index (χ0) is 25.0. The quantitative estimate of drug-likeness (QED) is 0.404. The second-order valence-corrected chi connectivity index (χ2v) is 9.79. The van der Waals surface area contributed by atoms with Crippen LogP contribution in [0.4, 0.5) is 22.8 Å². The van der Waals surface area contributed by atoms with E-state index in [0.29, 0.717) is 0 Å². The molecule has 0 spiro atoms. The van der Waals surface area contributed by atoms with Gasteiger partial charge in [-0.25, -0.2) is 14.6 Å². The molecule has 182 valence electrons. The van der Waals surface area contributed by atoms with Gasteiger partial charge in [-0.15, -0.1) is 11.3 Å². The van der Waals surface area contributed by atoms with Crippen LogP contribution in [0.3, 0.4) is 0 Å². The average Bonchev–Trinajstić information content (AvgIpc) is 3.19. The van der Waals surface area contributed by atoms with E-state index < -0.39 is 54.1 Å². The molecule has 0 aliphatic heterocycles. The van der Waals surface area contributed by atoms with E-state index in [1.54, 1.807) is 26.2 Å². The van der Waals surface area contributed by atoms with Crippen LogP contribution < -0.4 is 10.6 Å². The summed E-state index contributed by atoms with van der Waals surface area (Å²) < 4.78 is 44.9. The fourth-order valence-electron chi connectivity index (χ4n) is 3.20. The number of aromatic nitrogens is 1. The largest absolute Gasteiger partial charge is 0.465 e. The van der Waals surface area contributed by atoms with E-state index in [9.17, 15) is 27.9 Å². The number of ether oxygens (including phenoxy) is 1. The number of benzene rings is 1. The fraction of sp³-hybridized carbons (Fsp3) is 0.450. The zero-order valence-corrected chi connectivity index (χ0v) is 20.3. The summed E-state index contributed by atoms with van der Waals surface area (Å²) in [6.07, 6.45) is -5.50. The highest BCUT2D eigenvalue weighted by molar-refractivity contribution is 9.10. The van der Waals surface area contributed by atoms with Gasteiger partial charge in [0.25, 0.3) is 0 Å². The Bertz CT molecular complexity index is 982. The van der Waals surface area contributed by atoms with Gasteiger partial charge >= 0.3 is 18.4 Å². The molecule has 0 unspecified atom stereocenters. The first kappa shape index (κ1) is 26.9. The predicted octanol–water partition coefficient (Wildman–Crippen LogP) is 4.36. The van der Waals surface area contributed by atoms with Crippen LogP contribution in [0.15, 0.2) is 34.2 Å². The molecule has 2 rings (SSSR count). The summed E-state index contributed by atoms with van der Waals surface area (Å²) in [7, 11) is 0. The number of carbonyl (C=O) groups excluding carboxylic acids is 1. The van der Waals surface area contributed by atoms with E-state index in [1.165, 1.54) is 12.3 Å². The lowest BCUT2D eigenvalue weighted by atomic mass is 9.74. The van der Waals surface area contributed by atoms with Crippen molar-refractivity contribution in [3.8, 4) is 0 Å². The Hall–Kier alpha value is -2.38. The first-order chi connectivity index (χ1) is 15.2. The minimum atomic E-state index is -4.63. The van der Waals surface area contributed by atoms with Gasteiger partial charge in [0.15, 0.2) is 0 Å². The van der Waals surface area contributed by atoms with Crippen molar-refractivity contribution in [1.82, 2.24) is 15.6 Å². The Morgan fingerprint density at radius 2 is 1.94 bits per heavy atom. The van der Waals surface area contributed by atoms with Crippen LogP contribution in [-0.2, 0) is 16.3 Å². The van der Waals surface area contributed by atoms with Crippen molar-refractivity contribution < 1.29 is 37.7 Å². The number of nitrogens with one attached hydrogen (secondary N) is 2. The van der Waals surface area contributed by atoms with Gasteiger partial charge in [0.2, 0.25) is 0 Å². The summed E-state index contributed by atoms with van der Waals surface area (Å²) >= 11 is 4.02. The Kier molecular flexibility index (Phi) is 8.36. The molecule has 1 aromatic heterocycles. The van der Waals surface area contributed by atoms with Crippen molar-refractivity contribution in [1.29, 1.82) is 0 Å². The number of nitrogens with zero attached hydrogens (tertiary/aromatic N) is 1. The molecule has 0 fully saturated rings. The van der Waals surface area contributed by atoms with Gasteiger partial charge in [0.1, 0.15) is 10.6 Å². The van der Waals surface area contributed by atoms with Crippen LogP contribution in [-0.4, -0.2) is 52.2 Å². The van der Waals surface area contributed by atoms with E-state index in [4.69, 9.17) is 9.84 Å². The SMILES string of the molecule is CC(C)(C)OC(=O)N[C@H](CNC(=O)O)[C@](CO)(c1ccc(C(F)(F)F)c(Br)c1)c1nccs1. The van der Waals surface area contributed by atoms with E-state index in [-0.39, 0.29) is 15.0 Å². The number of hydrogen-bond donors (Lipinski definition) is 4. The lowest BCUT2D eigenvalue weighted by Gasteiger charge is -2.39. The van der Waals surface area contributed by atoms with Gasteiger partial charge in [-0.05, 0) is 38.5 Å². The molecule has 33 heavy (non-hydrogen) atoms. The summed E-state index contributed by atoms with van der Waals surface area (Å²) in [5, 5.41) is 26.2. The molecule has 0 radical (unpaired) electrons. The van der Waals surface area contributed by atoms with Gasteiger partial charge in [-0.3, -0.25) is 0 Å². The van der Waals surface area contributed by atoms with Gasteiger partial charge in [0.05, 0.1) is 23.6 Å². The molecular formula is C20H23BrF3N3O5S. The maximum absolute atomic E-state index is 13.3. The topological polar surface area (TPSA) is 121 Å². The number of carboxylic acid groups (broad SMARTS) is 1. The number of alkyl halides is 3. The Morgan fingerprint density at radius 3 is 2.39 bits per heavy atom. The van der Waals surface area contributed by atoms with E-state index >= 15 is 0 Å². The van der Waals surface area contributed by atoms with Crippen molar-refractivity contribution in [2.24, 2.45) is 0 Å². The number of amides is 2. The maximum atomic E-state index is 13.3. The number of aliphatic hydroxyl groups excluding tert-OH is 1. The summed E-state index contributed by atoms with van der Waals surface area (Å²) in [5.74, 6) is 0. The number of aliphatic hydroxyl groups is 1. The number of alkyl carbamates (subject to hydrolysis) is 1. The van der Waals surface area contributed by atoms with Crippen LogP contribution in [0.25, 0.3) is 0 Å². The summed E-state index contributed by atoms with van der Waals surface area (Å²) in [5.41, 5.74) is -3.24. The number of carbonyl (C=O) groups is 2. The van der Waals surface area contributed by atoms with Crippen LogP contribution in [0.1, 0.15) is 36.9 Å². The van der Waals surface area contributed by atoms with E-state index in [1.807, 2.05) is 0 Å². The van der Waals surface area contributed by atoms with Crippen LogP contribution >= 0.6 is 27.3 Å². The van der Waals surface area contributed by atoms with Gasteiger partial charge in [-0.2, -0.15) is 13.2 Å². The second kappa shape index (κ2) is 10.3. The van der Waals surface area contributed by atoms with Gasteiger partial charge < -0.3 is 25.6 Å². The van der Waals surface area contributed by atoms with Crippen molar-refractivity contribution in [3.63, 3.8) is 0 Å². The third-order valence-electron chi connectivity index (χ3n) is 4.60. The summed E-state index contributed by atoms with van der Waals surface area (Å²) in [6.45, 7) is 3.78. The lowest BCUT2D eigenvalue weighted by Crippen LogP contribution is -2.58. The van der Waals surface area contributed by atoms with Crippen molar-refractivity contribution in [3.05, 3.63) is 50.4 Å². The zero-order valence-electron chi connectivity index (χ0n) is 17.9. The van der Waals surface area contributed by atoms with Crippen molar-refractivity contribution in [2.75, 3.05) is 13.2 Å². The Balaban J connectivity index is 2.66. The maximum Gasteiger partial charge on any atom is 0.417 e. The molecule has 0 saturated heterocycles. The molecule has 2 aromatic rings. The molecule has 0 saturated carbocycles. The lowest BCUT2D eigenvalue weighted by molar-refractivity contribution is -0.138. The molecule has 8 nitrogen and oxygen atoms in total. The van der Waals surface area contributed by atoms with Gasteiger partial charge in [0, 0.05) is 22.6 Å². The minimum Gasteiger partial charge on any atom is -0.465 e. The highest BCUT2D eigenvalue weighted by Gasteiger charge is 2.46. The van der Waals surface area contributed by atoms with E-state index in [2.05, 4.69) is 31.5 Å². The number of rotatable bonds is 7.